The van der Waals surface area contributed by atoms with Crippen LogP contribution in [-0.2, 0) is 9.53 Å². The maximum absolute atomic E-state index is 13.6. The third kappa shape index (κ3) is 3.90. The second kappa shape index (κ2) is 7.38. The first-order valence-electron chi connectivity index (χ1n) is 8.01. The molecule has 6 nitrogen and oxygen atoms in total. The summed E-state index contributed by atoms with van der Waals surface area (Å²) >= 11 is 0. The van der Waals surface area contributed by atoms with Crippen LogP contribution < -0.4 is 15.5 Å². The quantitative estimate of drug-likeness (QED) is 0.857. The predicted octanol–water partition coefficient (Wildman–Crippen LogP) is 3.36. The maximum atomic E-state index is 13.6. The molecule has 1 unspecified atom stereocenters. The number of ether oxygens (including phenoxy) is 1. The van der Waals surface area contributed by atoms with Gasteiger partial charge in [-0.05, 0) is 37.3 Å². The van der Waals surface area contributed by atoms with Crippen LogP contribution in [0.2, 0.25) is 0 Å². The molecule has 1 fully saturated rings. The molecule has 0 aliphatic carbocycles. The van der Waals surface area contributed by atoms with Crippen molar-refractivity contribution >= 4 is 29.1 Å². The summed E-state index contributed by atoms with van der Waals surface area (Å²) in [7, 11) is 0. The molecule has 2 aromatic rings. The lowest BCUT2D eigenvalue weighted by molar-refractivity contribution is -0.116. The van der Waals surface area contributed by atoms with E-state index in [1.807, 2.05) is 0 Å². The standard InChI is InChI=1S/C18H17F2N3O3/c1-11(17(24)22-16-6-5-12(19)9-15(16)20)21-13-3-2-4-14(10-13)23-7-8-26-18(23)25/h2-6,9-11,21H,7-8H2,1H3,(H,22,24). The summed E-state index contributed by atoms with van der Waals surface area (Å²) in [6, 6.07) is 9.20. The molecule has 136 valence electrons. The first-order chi connectivity index (χ1) is 12.4. The number of amides is 2. The lowest BCUT2D eigenvalue weighted by atomic mass is 10.2. The first kappa shape index (κ1) is 17.7. The fourth-order valence-corrected chi connectivity index (χ4v) is 2.54. The van der Waals surface area contributed by atoms with Crippen molar-refractivity contribution in [2.24, 2.45) is 0 Å². The summed E-state index contributed by atoms with van der Waals surface area (Å²) < 4.78 is 31.5. The summed E-state index contributed by atoms with van der Waals surface area (Å²) in [4.78, 5) is 25.4. The maximum Gasteiger partial charge on any atom is 0.414 e. The molecule has 0 bridgehead atoms. The van der Waals surface area contributed by atoms with E-state index in [-0.39, 0.29) is 5.69 Å². The van der Waals surface area contributed by atoms with Crippen molar-refractivity contribution in [2.75, 3.05) is 28.7 Å². The van der Waals surface area contributed by atoms with Gasteiger partial charge in [-0.2, -0.15) is 0 Å². The van der Waals surface area contributed by atoms with Gasteiger partial charge in [0.1, 0.15) is 24.3 Å². The van der Waals surface area contributed by atoms with Gasteiger partial charge in [0.15, 0.2) is 0 Å². The van der Waals surface area contributed by atoms with Crippen molar-refractivity contribution in [3.8, 4) is 0 Å². The van der Waals surface area contributed by atoms with Gasteiger partial charge in [-0.25, -0.2) is 13.6 Å². The number of nitrogens with one attached hydrogen (secondary N) is 2. The van der Waals surface area contributed by atoms with Crippen LogP contribution in [0.15, 0.2) is 42.5 Å². The van der Waals surface area contributed by atoms with Crippen LogP contribution in [0.3, 0.4) is 0 Å². The zero-order valence-corrected chi connectivity index (χ0v) is 14.0. The molecule has 0 radical (unpaired) electrons. The van der Waals surface area contributed by atoms with Gasteiger partial charge < -0.3 is 15.4 Å². The Hall–Kier alpha value is -3.16. The number of hydrogen-bond acceptors (Lipinski definition) is 4. The monoisotopic (exact) mass is 361 g/mol. The number of carbonyl (C=O) groups is 2. The van der Waals surface area contributed by atoms with E-state index < -0.39 is 29.7 Å². The second-order valence-corrected chi connectivity index (χ2v) is 5.80. The van der Waals surface area contributed by atoms with E-state index in [2.05, 4.69) is 10.6 Å². The Morgan fingerprint density at radius 1 is 1.23 bits per heavy atom. The highest BCUT2D eigenvalue weighted by atomic mass is 19.1. The average Bonchev–Trinajstić information content (AvgIpc) is 3.03. The van der Waals surface area contributed by atoms with Crippen molar-refractivity contribution < 1.29 is 23.1 Å². The lowest BCUT2D eigenvalue weighted by Crippen LogP contribution is -2.32. The van der Waals surface area contributed by atoms with Crippen LogP contribution in [0.5, 0.6) is 0 Å². The molecule has 1 heterocycles. The van der Waals surface area contributed by atoms with E-state index >= 15 is 0 Å². The third-order valence-electron chi connectivity index (χ3n) is 3.88. The Kier molecular flexibility index (Phi) is 5.01. The number of hydrogen-bond donors (Lipinski definition) is 2. The van der Waals surface area contributed by atoms with E-state index in [9.17, 15) is 18.4 Å². The number of cyclic esters (lactones) is 1. The summed E-state index contributed by atoms with van der Waals surface area (Å²) in [5.41, 5.74) is 1.16. The zero-order valence-electron chi connectivity index (χ0n) is 14.0. The Morgan fingerprint density at radius 2 is 2.04 bits per heavy atom. The molecule has 0 aromatic heterocycles. The molecule has 0 spiro atoms. The van der Waals surface area contributed by atoms with Crippen LogP contribution in [0.25, 0.3) is 0 Å². The summed E-state index contributed by atoms with van der Waals surface area (Å²) in [6.45, 7) is 2.40. The van der Waals surface area contributed by atoms with E-state index in [1.165, 1.54) is 4.90 Å². The normalized spacial score (nSPS) is 14.7. The highest BCUT2D eigenvalue weighted by molar-refractivity contribution is 5.96. The molecule has 26 heavy (non-hydrogen) atoms. The van der Waals surface area contributed by atoms with Crippen LogP contribution in [-0.4, -0.2) is 31.2 Å². The Labute approximate surface area is 148 Å². The number of carbonyl (C=O) groups excluding carboxylic acids is 2. The second-order valence-electron chi connectivity index (χ2n) is 5.80. The summed E-state index contributed by atoms with van der Waals surface area (Å²) in [5.74, 6) is -2.05. The molecule has 3 rings (SSSR count). The zero-order chi connectivity index (χ0) is 18.7. The van der Waals surface area contributed by atoms with Crippen molar-refractivity contribution in [3.05, 3.63) is 54.1 Å². The number of nitrogens with zero attached hydrogens (tertiary/aromatic N) is 1. The van der Waals surface area contributed by atoms with Gasteiger partial charge in [-0.15, -0.1) is 0 Å². The van der Waals surface area contributed by atoms with Crippen molar-refractivity contribution in [2.45, 2.75) is 13.0 Å². The van der Waals surface area contributed by atoms with E-state index in [0.717, 1.165) is 12.1 Å². The van der Waals surface area contributed by atoms with Crippen LogP contribution >= 0.6 is 0 Å². The molecule has 1 aliphatic rings. The molecule has 2 amide bonds. The molecule has 8 heteroatoms. The fourth-order valence-electron chi connectivity index (χ4n) is 2.54. The van der Waals surface area contributed by atoms with E-state index in [4.69, 9.17) is 4.74 Å². The SMILES string of the molecule is CC(Nc1cccc(N2CCOC2=O)c1)C(=O)Nc1ccc(F)cc1F. The number of rotatable bonds is 5. The minimum atomic E-state index is -0.847. The van der Waals surface area contributed by atoms with Crippen LogP contribution in [0, 0.1) is 11.6 Å². The molecular weight excluding hydrogens is 344 g/mol. The molecular formula is C18H17F2N3O3. The van der Waals surface area contributed by atoms with Gasteiger partial charge >= 0.3 is 6.09 Å². The Balaban J connectivity index is 1.66. The first-order valence-corrected chi connectivity index (χ1v) is 8.01. The molecule has 1 atom stereocenters. The lowest BCUT2D eigenvalue weighted by Gasteiger charge is -2.18. The molecule has 1 saturated heterocycles. The van der Waals surface area contributed by atoms with Crippen molar-refractivity contribution in [3.63, 3.8) is 0 Å². The minimum absolute atomic E-state index is 0.0985. The summed E-state index contributed by atoms with van der Waals surface area (Å²) in [5, 5.41) is 5.39. The smallest absolute Gasteiger partial charge is 0.414 e. The van der Waals surface area contributed by atoms with Gasteiger partial charge in [0, 0.05) is 17.4 Å². The number of halogens is 2. The van der Waals surface area contributed by atoms with Crippen molar-refractivity contribution in [1.29, 1.82) is 0 Å². The Morgan fingerprint density at radius 3 is 2.73 bits per heavy atom. The van der Waals surface area contributed by atoms with Crippen molar-refractivity contribution in [1.82, 2.24) is 0 Å². The molecule has 2 N–H and O–H groups in total. The number of anilines is 3. The topological polar surface area (TPSA) is 70.7 Å². The van der Waals surface area contributed by atoms with E-state index in [1.54, 1.807) is 31.2 Å². The Bertz CT molecular complexity index is 844. The number of benzene rings is 2. The highest BCUT2D eigenvalue weighted by Gasteiger charge is 2.24. The van der Waals surface area contributed by atoms with Gasteiger partial charge in [0.05, 0.1) is 12.2 Å². The summed E-state index contributed by atoms with van der Waals surface area (Å²) in [6.07, 6.45) is -0.417. The van der Waals surface area contributed by atoms with E-state index in [0.29, 0.717) is 30.6 Å². The van der Waals surface area contributed by atoms with Gasteiger partial charge in [0.2, 0.25) is 5.91 Å². The van der Waals surface area contributed by atoms with Gasteiger partial charge in [-0.1, -0.05) is 6.07 Å². The van der Waals surface area contributed by atoms with Crippen LogP contribution in [0.4, 0.5) is 30.6 Å². The minimum Gasteiger partial charge on any atom is -0.447 e. The molecule has 1 aliphatic heterocycles. The van der Waals surface area contributed by atoms with Gasteiger partial charge in [0.25, 0.3) is 0 Å². The largest absolute Gasteiger partial charge is 0.447 e. The fraction of sp³-hybridized carbons (Fsp3) is 0.222. The highest BCUT2D eigenvalue weighted by Crippen LogP contribution is 2.23. The predicted molar refractivity (Wildman–Crippen MR) is 93.2 cm³/mol. The third-order valence-corrected chi connectivity index (χ3v) is 3.88. The van der Waals surface area contributed by atoms with Crippen LogP contribution in [0.1, 0.15) is 6.92 Å². The average molecular weight is 361 g/mol. The molecule has 0 saturated carbocycles. The molecule has 2 aromatic carbocycles. The van der Waals surface area contributed by atoms with Gasteiger partial charge in [-0.3, -0.25) is 9.69 Å².